The van der Waals surface area contributed by atoms with Gasteiger partial charge in [0.25, 0.3) is 0 Å². The molecule has 3 nitrogen and oxygen atoms in total. The molecule has 0 heterocycles. The largest absolute Gasteiger partial charge is 0.351 e. The highest BCUT2D eigenvalue weighted by Gasteiger charge is 2.12. The maximum atomic E-state index is 11.0. The molecule has 1 atom stereocenters. The molecule has 0 amide bonds. The topological polar surface area (TPSA) is 46.5 Å². The SMILES string of the molecule is C=CP(=O)(O)OCCc1ccccc1. The van der Waals surface area contributed by atoms with Crippen molar-refractivity contribution >= 4 is 7.60 Å². The summed E-state index contributed by atoms with van der Waals surface area (Å²) in [5.41, 5.74) is 1.08. The summed E-state index contributed by atoms with van der Waals surface area (Å²) in [5, 5.41) is 0. The highest BCUT2D eigenvalue weighted by Crippen LogP contribution is 2.42. The third-order valence-electron chi connectivity index (χ3n) is 1.74. The summed E-state index contributed by atoms with van der Waals surface area (Å²) in [6.45, 7) is 3.45. The van der Waals surface area contributed by atoms with Crippen LogP contribution in [0, 0.1) is 0 Å². The molecule has 0 radical (unpaired) electrons. The average Bonchev–Trinajstić information content (AvgIpc) is 2.19. The highest BCUT2D eigenvalue weighted by molar-refractivity contribution is 7.56. The number of benzene rings is 1. The van der Waals surface area contributed by atoms with Gasteiger partial charge in [0.1, 0.15) is 0 Å². The van der Waals surface area contributed by atoms with Gasteiger partial charge >= 0.3 is 7.60 Å². The quantitative estimate of drug-likeness (QED) is 0.763. The summed E-state index contributed by atoms with van der Waals surface area (Å²) in [5.74, 6) is 0.942. The van der Waals surface area contributed by atoms with Crippen molar-refractivity contribution in [2.24, 2.45) is 0 Å². The van der Waals surface area contributed by atoms with E-state index in [0.29, 0.717) is 6.42 Å². The fourth-order valence-corrected chi connectivity index (χ4v) is 1.45. The lowest BCUT2D eigenvalue weighted by Gasteiger charge is -2.06. The van der Waals surface area contributed by atoms with Crippen molar-refractivity contribution in [3.8, 4) is 0 Å². The Balaban J connectivity index is 2.36. The lowest BCUT2D eigenvalue weighted by atomic mass is 10.2. The zero-order valence-electron chi connectivity index (χ0n) is 7.80. The molecule has 1 N–H and O–H groups in total. The van der Waals surface area contributed by atoms with E-state index in [9.17, 15) is 4.57 Å². The predicted octanol–water partition coefficient (Wildman–Crippen LogP) is 2.57. The average molecular weight is 212 g/mol. The van der Waals surface area contributed by atoms with Gasteiger partial charge in [-0.15, -0.1) is 0 Å². The monoisotopic (exact) mass is 212 g/mol. The van der Waals surface area contributed by atoms with Gasteiger partial charge in [-0.25, -0.2) is 0 Å². The van der Waals surface area contributed by atoms with Gasteiger partial charge in [0.15, 0.2) is 0 Å². The zero-order valence-corrected chi connectivity index (χ0v) is 8.69. The molecule has 14 heavy (non-hydrogen) atoms. The Bertz CT molecular complexity index is 334. The van der Waals surface area contributed by atoms with Gasteiger partial charge in [-0.3, -0.25) is 4.57 Å². The molecular weight excluding hydrogens is 199 g/mol. The van der Waals surface area contributed by atoms with Crippen molar-refractivity contribution in [1.29, 1.82) is 0 Å². The third-order valence-corrected chi connectivity index (χ3v) is 2.75. The van der Waals surface area contributed by atoms with Crippen LogP contribution >= 0.6 is 7.60 Å². The molecule has 0 fully saturated rings. The Morgan fingerprint density at radius 3 is 2.64 bits per heavy atom. The van der Waals surface area contributed by atoms with Crippen LogP contribution in [0.15, 0.2) is 42.7 Å². The van der Waals surface area contributed by atoms with Gasteiger partial charge in [0, 0.05) is 5.82 Å². The third kappa shape index (κ3) is 3.88. The minimum absolute atomic E-state index is 0.226. The number of rotatable bonds is 5. The molecule has 0 aliphatic heterocycles. The van der Waals surface area contributed by atoms with Crippen molar-refractivity contribution in [2.75, 3.05) is 6.61 Å². The maximum Gasteiger partial charge on any atom is 0.351 e. The van der Waals surface area contributed by atoms with E-state index in [1.54, 1.807) is 0 Å². The van der Waals surface area contributed by atoms with Gasteiger partial charge in [0.05, 0.1) is 6.61 Å². The first-order chi connectivity index (χ1) is 6.64. The van der Waals surface area contributed by atoms with Gasteiger partial charge < -0.3 is 9.42 Å². The molecule has 1 unspecified atom stereocenters. The molecule has 76 valence electrons. The molecule has 0 aliphatic rings. The van der Waals surface area contributed by atoms with Gasteiger partial charge in [0.2, 0.25) is 0 Å². The maximum absolute atomic E-state index is 11.0. The van der Waals surface area contributed by atoms with E-state index in [1.807, 2.05) is 30.3 Å². The lowest BCUT2D eigenvalue weighted by Crippen LogP contribution is -1.95. The Morgan fingerprint density at radius 1 is 1.43 bits per heavy atom. The minimum atomic E-state index is -3.55. The first-order valence-electron chi connectivity index (χ1n) is 4.28. The van der Waals surface area contributed by atoms with Crippen LogP contribution in [0.1, 0.15) is 5.56 Å². The molecule has 1 aromatic carbocycles. The van der Waals surface area contributed by atoms with Gasteiger partial charge in [-0.2, -0.15) is 0 Å². The van der Waals surface area contributed by atoms with Crippen LogP contribution in [0.4, 0.5) is 0 Å². The summed E-state index contributed by atoms with van der Waals surface area (Å²) in [6, 6.07) is 9.65. The Kier molecular flexibility index (Phi) is 4.08. The van der Waals surface area contributed by atoms with E-state index >= 15 is 0 Å². The normalized spacial score (nSPS) is 14.6. The summed E-state index contributed by atoms with van der Waals surface area (Å²) < 4.78 is 15.8. The molecule has 1 rings (SSSR count). The fraction of sp³-hybridized carbons (Fsp3) is 0.200. The predicted molar refractivity (Wildman–Crippen MR) is 56.1 cm³/mol. The molecule has 0 saturated heterocycles. The lowest BCUT2D eigenvalue weighted by molar-refractivity contribution is 0.271. The molecule has 1 aromatic rings. The van der Waals surface area contributed by atoms with Crippen molar-refractivity contribution in [3.63, 3.8) is 0 Å². The Morgan fingerprint density at radius 2 is 2.07 bits per heavy atom. The van der Waals surface area contributed by atoms with E-state index in [-0.39, 0.29) is 6.61 Å². The van der Waals surface area contributed by atoms with E-state index in [2.05, 4.69) is 6.58 Å². The molecule has 0 bridgehead atoms. The Labute approximate surface area is 83.6 Å². The smallest absolute Gasteiger partial charge is 0.321 e. The minimum Gasteiger partial charge on any atom is -0.321 e. The van der Waals surface area contributed by atoms with Crippen molar-refractivity contribution in [2.45, 2.75) is 6.42 Å². The Hall–Kier alpha value is -0.890. The van der Waals surface area contributed by atoms with E-state index in [4.69, 9.17) is 9.42 Å². The molecule has 0 spiro atoms. The molecular formula is C10H13O3P. The van der Waals surface area contributed by atoms with Crippen LogP contribution in [-0.2, 0) is 15.5 Å². The second-order valence-electron chi connectivity index (χ2n) is 2.82. The van der Waals surface area contributed by atoms with E-state index < -0.39 is 7.60 Å². The van der Waals surface area contributed by atoms with Gasteiger partial charge in [-0.05, 0) is 12.0 Å². The first-order valence-corrected chi connectivity index (χ1v) is 5.93. The summed E-state index contributed by atoms with van der Waals surface area (Å²) >= 11 is 0. The van der Waals surface area contributed by atoms with E-state index in [1.165, 1.54) is 0 Å². The highest BCUT2D eigenvalue weighted by atomic mass is 31.2. The van der Waals surface area contributed by atoms with Crippen LogP contribution in [0.3, 0.4) is 0 Å². The summed E-state index contributed by atoms with van der Waals surface area (Å²) in [6.07, 6.45) is 0.624. The number of hydrogen-bond acceptors (Lipinski definition) is 2. The molecule has 0 aromatic heterocycles. The molecule has 4 heteroatoms. The first kappa shape index (κ1) is 11.2. The van der Waals surface area contributed by atoms with Crippen molar-refractivity contribution in [3.05, 3.63) is 48.3 Å². The second kappa shape index (κ2) is 5.11. The summed E-state index contributed by atoms with van der Waals surface area (Å²) in [7, 11) is -3.55. The summed E-state index contributed by atoms with van der Waals surface area (Å²) in [4.78, 5) is 9.02. The van der Waals surface area contributed by atoms with Gasteiger partial charge in [-0.1, -0.05) is 36.9 Å². The standard InChI is InChI=1S/C10H13O3P/c1-2-14(11,12)13-9-8-10-6-4-3-5-7-10/h2-7H,1,8-9H2,(H,11,12). The number of hydrogen-bond donors (Lipinski definition) is 1. The molecule has 0 aliphatic carbocycles. The van der Waals surface area contributed by atoms with Crippen LogP contribution in [0.25, 0.3) is 0 Å². The van der Waals surface area contributed by atoms with E-state index in [0.717, 1.165) is 11.4 Å². The van der Waals surface area contributed by atoms with Crippen LogP contribution in [0.2, 0.25) is 0 Å². The van der Waals surface area contributed by atoms with Crippen molar-refractivity contribution < 1.29 is 14.0 Å². The van der Waals surface area contributed by atoms with Crippen molar-refractivity contribution in [1.82, 2.24) is 0 Å². The van der Waals surface area contributed by atoms with Crippen LogP contribution < -0.4 is 0 Å². The van der Waals surface area contributed by atoms with Crippen LogP contribution in [0.5, 0.6) is 0 Å². The fourth-order valence-electron chi connectivity index (χ4n) is 0.992. The zero-order chi connectivity index (χ0) is 10.4. The molecule has 0 saturated carbocycles. The van der Waals surface area contributed by atoms with Crippen LogP contribution in [-0.4, -0.2) is 11.5 Å². The second-order valence-corrected chi connectivity index (χ2v) is 4.57.